The van der Waals surface area contributed by atoms with Crippen LogP contribution in [0, 0.1) is 5.92 Å². The monoisotopic (exact) mass is 315 g/mol. The van der Waals surface area contributed by atoms with Crippen LogP contribution in [0.1, 0.15) is 13.3 Å². The molecule has 1 rings (SSSR count). The predicted octanol–water partition coefficient (Wildman–Crippen LogP) is 1.62. The third kappa shape index (κ3) is 3.96. The van der Waals surface area contributed by atoms with Gasteiger partial charge in [0.25, 0.3) is 5.56 Å². The van der Waals surface area contributed by atoms with Crippen molar-refractivity contribution in [1.29, 1.82) is 0 Å². The van der Waals surface area contributed by atoms with Crippen LogP contribution >= 0.6 is 15.9 Å². The van der Waals surface area contributed by atoms with Crippen molar-refractivity contribution in [1.82, 2.24) is 9.78 Å². The average Bonchev–Trinajstić information content (AvgIpc) is 2.35. The van der Waals surface area contributed by atoms with E-state index in [1.807, 2.05) is 6.92 Å². The summed E-state index contributed by atoms with van der Waals surface area (Å²) < 4.78 is 1.80. The van der Waals surface area contributed by atoms with Crippen LogP contribution in [0.2, 0.25) is 0 Å². The fourth-order valence-electron chi connectivity index (χ4n) is 1.45. The van der Waals surface area contributed by atoms with Gasteiger partial charge in [-0.1, -0.05) is 13.0 Å². The summed E-state index contributed by atoms with van der Waals surface area (Å²) in [5, 5.41) is 16.0. The van der Waals surface area contributed by atoms with Gasteiger partial charge in [0.1, 0.15) is 4.47 Å². The SMILES string of the molecule is C=CCn1ncc(NCC(C)CCO)c(Br)c1=O. The summed E-state index contributed by atoms with van der Waals surface area (Å²) in [5.74, 6) is 0.331. The molecule has 2 N–H and O–H groups in total. The number of nitrogens with zero attached hydrogens (tertiary/aromatic N) is 2. The van der Waals surface area contributed by atoms with Gasteiger partial charge < -0.3 is 10.4 Å². The first-order valence-electron chi connectivity index (χ1n) is 5.81. The Hall–Kier alpha value is -1.14. The summed E-state index contributed by atoms with van der Waals surface area (Å²) in [7, 11) is 0. The lowest BCUT2D eigenvalue weighted by molar-refractivity contribution is 0.266. The van der Waals surface area contributed by atoms with Crippen LogP contribution in [0.5, 0.6) is 0 Å². The Morgan fingerprint density at radius 1 is 1.72 bits per heavy atom. The first-order valence-corrected chi connectivity index (χ1v) is 6.60. The number of halogens is 1. The molecule has 0 saturated heterocycles. The molecule has 18 heavy (non-hydrogen) atoms. The average molecular weight is 316 g/mol. The van der Waals surface area contributed by atoms with E-state index in [1.54, 1.807) is 12.3 Å². The van der Waals surface area contributed by atoms with Gasteiger partial charge in [0.05, 0.1) is 18.4 Å². The second kappa shape index (κ2) is 7.33. The molecule has 5 nitrogen and oxygen atoms in total. The first kappa shape index (κ1) is 14.9. The Morgan fingerprint density at radius 3 is 3.06 bits per heavy atom. The van der Waals surface area contributed by atoms with Gasteiger partial charge in [0.15, 0.2) is 0 Å². The van der Waals surface area contributed by atoms with Crippen LogP contribution in [0.15, 0.2) is 28.1 Å². The quantitative estimate of drug-likeness (QED) is 0.750. The highest BCUT2D eigenvalue weighted by molar-refractivity contribution is 9.10. The number of allylic oxidation sites excluding steroid dienone is 1. The molecule has 0 bridgehead atoms. The van der Waals surface area contributed by atoms with Gasteiger partial charge in [-0.05, 0) is 28.3 Å². The minimum absolute atomic E-state index is 0.170. The number of aromatic nitrogens is 2. The highest BCUT2D eigenvalue weighted by atomic mass is 79.9. The van der Waals surface area contributed by atoms with Crippen LogP contribution in [-0.2, 0) is 6.54 Å². The van der Waals surface area contributed by atoms with Crippen LogP contribution in [0.25, 0.3) is 0 Å². The Kier molecular flexibility index (Phi) is 6.07. The summed E-state index contributed by atoms with van der Waals surface area (Å²) in [6.07, 6.45) is 3.96. The zero-order valence-electron chi connectivity index (χ0n) is 10.4. The highest BCUT2D eigenvalue weighted by Crippen LogP contribution is 2.16. The molecule has 0 amide bonds. The van der Waals surface area contributed by atoms with E-state index in [2.05, 4.69) is 32.9 Å². The maximum absolute atomic E-state index is 11.9. The molecule has 0 saturated carbocycles. The van der Waals surface area contributed by atoms with Crippen molar-refractivity contribution in [2.24, 2.45) is 5.92 Å². The Labute approximate surface area is 115 Å². The summed E-state index contributed by atoms with van der Waals surface area (Å²) in [6, 6.07) is 0. The fraction of sp³-hybridized carbons (Fsp3) is 0.500. The van der Waals surface area contributed by atoms with Gasteiger partial charge >= 0.3 is 0 Å². The number of anilines is 1. The summed E-state index contributed by atoms with van der Waals surface area (Å²) in [4.78, 5) is 11.9. The smallest absolute Gasteiger partial charge is 0.283 e. The van der Waals surface area contributed by atoms with Gasteiger partial charge in [-0.15, -0.1) is 6.58 Å². The zero-order chi connectivity index (χ0) is 13.5. The largest absolute Gasteiger partial charge is 0.396 e. The number of hydrogen-bond acceptors (Lipinski definition) is 4. The zero-order valence-corrected chi connectivity index (χ0v) is 12.0. The number of aliphatic hydroxyl groups is 1. The lowest BCUT2D eigenvalue weighted by Crippen LogP contribution is -2.24. The summed E-state index contributed by atoms with van der Waals surface area (Å²) >= 11 is 3.27. The van der Waals surface area contributed by atoms with E-state index in [1.165, 1.54) is 4.68 Å². The lowest BCUT2D eigenvalue weighted by Gasteiger charge is -2.13. The van der Waals surface area contributed by atoms with E-state index in [-0.39, 0.29) is 12.2 Å². The van der Waals surface area contributed by atoms with E-state index < -0.39 is 0 Å². The second-order valence-electron chi connectivity index (χ2n) is 4.15. The van der Waals surface area contributed by atoms with Gasteiger partial charge in [-0.25, -0.2) is 4.68 Å². The van der Waals surface area contributed by atoms with Crippen LogP contribution in [-0.4, -0.2) is 28.0 Å². The molecule has 1 aromatic heterocycles. The summed E-state index contributed by atoms with van der Waals surface area (Å²) in [6.45, 7) is 6.85. The molecule has 1 aromatic rings. The molecule has 100 valence electrons. The molecule has 1 heterocycles. The Morgan fingerprint density at radius 2 is 2.44 bits per heavy atom. The van der Waals surface area contributed by atoms with Gasteiger partial charge in [-0.2, -0.15) is 5.10 Å². The highest BCUT2D eigenvalue weighted by Gasteiger charge is 2.09. The maximum atomic E-state index is 11.9. The molecule has 0 aromatic carbocycles. The molecule has 1 unspecified atom stereocenters. The van der Waals surface area contributed by atoms with Crippen LogP contribution < -0.4 is 10.9 Å². The Balaban J connectivity index is 2.76. The van der Waals surface area contributed by atoms with Crippen molar-refractivity contribution in [2.75, 3.05) is 18.5 Å². The third-order valence-corrected chi connectivity index (χ3v) is 3.32. The second-order valence-corrected chi connectivity index (χ2v) is 4.94. The first-order chi connectivity index (χ1) is 8.60. The predicted molar refractivity (Wildman–Crippen MR) is 75.8 cm³/mol. The molecule has 0 aliphatic heterocycles. The van der Waals surface area contributed by atoms with Gasteiger partial charge in [-0.3, -0.25) is 4.79 Å². The van der Waals surface area contributed by atoms with Crippen molar-refractivity contribution < 1.29 is 5.11 Å². The summed E-state index contributed by atoms with van der Waals surface area (Å²) in [5.41, 5.74) is 0.486. The van der Waals surface area contributed by atoms with E-state index in [4.69, 9.17) is 5.11 Å². The number of hydrogen-bond donors (Lipinski definition) is 2. The van der Waals surface area contributed by atoms with Crippen molar-refractivity contribution in [3.8, 4) is 0 Å². The molecule has 0 spiro atoms. The lowest BCUT2D eigenvalue weighted by atomic mass is 10.1. The molecule has 0 fully saturated rings. The molecule has 0 aliphatic carbocycles. The third-order valence-electron chi connectivity index (χ3n) is 2.55. The number of rotatable bonds is 7. The van der Waals surface area contributed by atoms with Crippen molar-refractivity contribution in [2.45, 2.75) is 19.9 Å². The van der Waals surface area contributed by atoms with Crippen LogP contribution in [0.4, 0.5) is 5.69 Å². The van der Waals surface area contributed by atoms with Crippen LogP contribution in [0.3, 0.4) is 0 Å². The number of aliphatic hydroxyl groups excluding tert-OH is 1. The maximum Gasteiger partial charge on any atom is 0.283 e. The molecular weight excluding hydrogens is 298 g/mol. The van der Waals surface area contributed by atoms with E-state index in [0.717, 1.165) is 6.42 Å². The number of nitrogens with one attached hydrogen (secondary N) is 1. The molecule has 0 radical (unpaired) electrons. The van der Waals surface area contributed by atoms with E-state index >= 15 is 0 Å². The minimum atomic E-state index is -0.185. The molecule has 0 aliphatic rings. The molecule has 6 heteroatoms. The van der Waals surface area contributed by atoms with E-state index in [0.29, 0.717) is 29.2 Å². The van der Waals surface area contributed by atoms with Crippen molar-refractivity contribution in [3.05, 3.63) is 33.7 Å². The topological polar surface area (TPSA) is 67.2 Å². The van der Waals surface area contributed by atoms with Gasteiger partial charge in [0, 0.05) is 13.2 Å². The molecule has 1 atom stereocenters. The Bertz CT molecular complexity index is 459. The van der Waals surface area contributed by atoms with Gasteiger partial charge in [0.2, 0.25) is 0 Å². The standard InChI is InChI=1S/C12H18BrN3O2/c1-3-5-16-12(18)11(13)10(8-15-16)14-7-9(2)4-6-17/h3,8-9,14,17H,1,4-7H2,2H3. The van der Waals surface area contributed by atoms with Crippen molar-refractivity contribution in [3.63, 3.8) is 0 Å². The normalized spacial score (nSPS) is 12.2. The van der Waals surface area contributed by atoms with Crippen molar-refractivity contribution >= 4 is 21.6 Å². The molecular formula is C12H18BrN3O2. The fourth-order valence-corrected chi connectivity index (χ4v) is 1.89. The minimum Gasteiger partial charge on any atom is -0.396 e. The van der Waals surface area contributed by atoms with E-state index in [9.17, 15) is 4.79 Å².